The van der Waals surface area contributed by atoms with Crippen molar-refractivity contribution in [2.45, 2.75) is 48.6 Å². The SMILES string of the molecule is O=C(O)c1ccccc1C#CCCC(F)(F)C(F)(F)C(F)(F)C(F)(F)C(F)(F)C(F)(F)F. The highest BCUT2D eigenvalue weighted by atomic mass is 19.4. The smallest absolute Gasteiger partial charge is 0.460 e. The van der Waals surface area contributed by atoms with E-state index >= 15 is 0 Å². The summed E-state index contributed by atoms with van der Waals surface area (Å²) in [5.41, 5.74) is -0.811. The number of alkyl halides is 13. The van der Waals surface area contributed by atoms with E-state index in [4.69, 9.17) is 5.11 Å². The number of hydrogen-bond acceptors (Lipinski definition) is 1. The molecule has 1 rings (SSSR count). The van der Waals surface area contributed by atoms with E-state index in [-0.39, 0.29) is 5.56 Å². The molecule has 2 nitrogen and oxygen atoms in total. The van der Waals surface area contributed by atoms with Crippen molar-refractivity contribution in [3.8, 4) is 11.8 Å². The minimum Gasteiger partial charge on any atom is -0.478 e. The van der Waals surface area contributed by atoms with E-state index in [0.29, 0.717) is 0 Å². The van der Waals surface area contributed by atoms with Crippen molar-refractivity contribution in [3.05, 3.63) is 35.4 Å². The summed E-state index contributed by atoms with van der Waals surface area (Å²) >= 11 is 0. The van der Waals surface area contributed by atoms with Gasteiger partial charge in [-0.3, -0.25) is 0 Å². The van der Waals surface area contributed by atoms with Crippen molar-refractivity contribution < 1.29 is 67.0 Å². The number of hydrogen-bond donors (Lipinski definition) is 1. The van der Waals surface area contributed by atoms with Crippen LogP contribution >= 0.6 is 0 Å². The molecule has 0 fully saturated rings. The number of halogens is 13. The molecule has 1 aromatic rings. The summed E-state index contributed by atoms with van der Waals surface area (Å²) in [7, 11) is 0. The monoisotopic (exact) mass is 492 g/mol. The molecule has 0 unspecified atom stereocenters. The van der Waals surface area contributed by atoms with Gasteiger partial charge in [0, 0.05) is 18.4 Å². The molecule has 1 aromatic carbocycles. The predicted molar refractivity (Wildman–Crippen MR) is 80.3 cm³/mol. The first kappa shape index (κ1) is 27.4. The Kier molecular flexibility index (Phi) is 7.15. The Bertz CT molecular complexity index is 907. The van der Waals surface area contributed by atoms with Crippen LogP contribution in [0.1, 0.15) is 28.8 Å². The number of rotatable bonds is 7. The molecule has 32 heavy (non-hydrogen) atoms. The maximum absolute atomic E-state index is 13.6. The fraction of sp³-hybridized carbons (Fsp3) is 0.471. The van der Waals surface area contributed by atoms with Gasteiger partial charge in [0.1, 0.15) is 0 Å². The lowest BCUT2D eigenvalue weighted by molar-refractivity contribution is -0.440. The summed E-state index contributed by atoms with van der Waals surface area (Å²) in [6.07, 6.45) is -11.4. The van der Waals surface area contributed by atoms with E-state index < -0.39 is 60.2 Å². The van der Waals surface area contributed by atoms with E-state index in [1.165, 1.54) is 12.1 Å². The molecule has 0 spiro atoms. The van der Waals surface area contributed by atoms with E-state index in [9.17, 15) is 61.9 Å². The van der Waals surface area contributed by atoms with Crippen LogP contribution in [0.25, 0.3) is 0 Å². The second-order valence-electron chi connectivity index (χ2n) is 6.15. The van der Waals surface area contributed by atoms with Gasteiger partial charge < -0.3 is 5.11 Å². The number of carboxylic acids is 1. The van der Waals surface area contributed by atoms with Crippen LogP contribution < -0.4 is 0 Å². The molecule has 0 radical (unpaired) electrons. The quantitative estimate of drug-likeness (QED) is 0.361. The van der Waals surface area contributed by atoms with Gasteiger partial charge in [-0.2, -0.15) is 57.1 Å². The fourth-order valence-electron chi connectivity index (χ4n) is 2.11. The van der Waals surface area contributed by atoms with Crippen LogP contribution in [-0.2, 0) is 0 Å². The minimum atomic E-state index is -7.95. The van der Waals surface area contributed by atoms with Gasteiger partial charge in [0.15, 0.2) is 0 Å². The fourth-order valence-corrected chi connectivity index (χ4v) is 2.11. The van der Waals surface area contributed by atoms with Gasteiger partial charge in [0.05, 0.1) is 5.56 Å². The molecule has 0 saturated heterocycles. The van der Waals surface area contributed by atoms with Gasteiger partial charge in [-0.15, -0.1) is 0 Å². The Balaban J connectivity index is 3.20. The molecule has 0 aliphatic carbocycles. The molecule has 0 bridgehead atoms. The average molecular weight is 492 g/mol. The molecule has 0 aliphatic heterocycles. The van der Waals surface area contributed by atoms with Crippen LogP contribution in [0, 0.1) is 11.8 Å². The molecule has 0 amide bonds. The second-order valence-corrected chi connectivity index (χ2v) is 6.15. The first-order chi connectivity index (χ1) is 14.1. The Hall–Kier alpha value is -2.66. The molecule has 0 heterocycles. The van der Waals surface area contributed by atoms with Gasteiger partial charge in [0.2, 0.25) is 0 Å². The Morgan fingerprint density at radius 1 is 0.750 bits per heavy atom. The number of benzene rings is 1. The predicted octanol–water partition coefficient (Wildman–Crippen LogP) is 6.26. The third kappa shape index (κ3) is 4.44. The van der Waals surface area contributed by atoms with Crippen LogP contribution in [0.3, 0.4) is 0 Å². The molecule has 0 atom stereocenters. The van der Waals surface area contributed by atoms with Crippen LogP contribution in [-0.4, -0.2) is 46.9 Å². The molecular weight excluding hydrogens is 483 g/mol. The standard InChI is InChI=1S/C17H9F13O2/c18-12(19,8-4-3-6-9-5-1-2-7-10(9)11(31)32)13(20,21)14(22,23)15(24,25)16(26,27)17(28,29)30/h1-2,5,7H,4,8H2,(H,31,32). The Labute approximate surface area is 170 Å². The maximum atomic E-state index is 13.6. The van der Waals surface area contributed by atoms with Gasteiger partial charge in [-0.05, 0) is 12.1 Å². The van der Waals surface area contributed by atoms with E-state index in [2.05, 4.69) is 0 Å². The van der Waals surface area contributed by atoms with E-state index in [0.717, 1.165) is 12.1 Å². The van der Waals surface area contributed by atoms with Crippen molar-refractivity contribution in [2.24, 2.45) is 0 Å². The molecule has 15 heteroatoms. The number of carbonyl (C=O) groups is 1. The third-order valence-electron chi connectivity index (χ3n) is 3.94. The van der Waals surface area contributed by atoms with Crippen molar-refractivity contribution in [3.63, 3.8) is 0 Å². The summed E-state index contributed by atoms with van der Waals surface area (Å²) in [5, 5.41) is 8.86. The highest BCUT2D eigenvalue weighted by molar-refractivity contribution is 5.90. The first-order valence-corrected chi connectivity index (χ1v) is 7.92. The molecule has 0 saturated carbocycles. The maximum Gasteiger partial charge on any atom is 0.460 e. The van der Waals surface area contributed by atoms with Gasteiger partial charge >= 0.3 is 41.8 Å². The summed E-state index contributed by atoms with van der Waals surface area (Å²) in [5.74, 6) is -35.1. The van der Waals surface area contributed by atoms with Crippen molar-refractivity contribution in [2.75, 3.05) is 0 Å². The highest BCUT2D eigenvalue weighted by Crippen LogP contribution is 2.60. The normalized spacial score (nSPS) is 14.0. The third-order valence-corrected chi connectivity index (χ3v) is 3.94. The molecule has 180 valence electrons. The molecular formula is C17H9F13O2. The zero-order valence-electron chi connectivity index (χ0n) is 15.0. The number of carboxylic acid groups (broad SMARTS) is 1. The lowest BCUT2D eigenvalue weighted by atomic mass is 9.92. The van der Waals surface area contributed by atoms with Crippen LogP contribution in [0.2, 0.25) is 0 Å². The van der Waals surface area contributed by atoms with E-state index in [1.807, 2.05) is 5.92 Å². The van der Waals surface area contributed by atoms with Crippen molar-refractivity contribution in [1.29, 1.82) is 0 Å². The lowest BCUT2D eigenvalue weighted by Gasteiger charge is -2.39. The largest absolute Gasteiger partial charge is 0.478 e. The van der Waals surface area contributed by atoms with E-state index in [1.54, 1.807) is 5.92 Å². The zero-order valence-corrected chi connectivity index (χ0v) is 15.0. The van der Waals surface area contributed by atoms with Gasteiger partial charge in [-0.25, -0.2) is 4.79 Å². The van der Waals surface area contributed by atoms with Crippen molar-refractivity contribution in [1.82, 2.24) is 0 Å². The lowest BCUT2D eigenvalue weighted by Crippen LogP contribution is -2.70. The molecule has 1 N–H and O–H groups in total. The van der Waals surface area contributed by atoms with Crippen LogP contribution in [0.4, 0.5) is 57.1 Å². The average Bonchev–Trinajstić information content (AvgIpc) is 2.63. The summed E-state index contributed by atoms with van der Waals surface area (Å²) in [6.45, 7) is 0. The minimum absolute atomic E-state index is 0.336. The second kappa shape index (κ2) is 8.36. The topological polar surface area (TPSA) is 37.3 Å². The Morgan fingerprint density at radius 2 is 1.22 bits per heavy atom. The summed E-state index contributed by atoms with van der Waals surface area (Å²) in [6, 6.07) is 4.49. The van der Waals surface area contributed by atoms with Crippen LogP contribution in [0.5, 0.6) is 0 Å². The first-order valence-electron chi connectivity index (χ1n) is 7.92. The Morgan fingerprint density at radius 3 is 1.69 bits per heavy atom. The van der Waals surface area contributed by atoms with Crippen LogP contribution in [0.15, 0.2) is 24.3 Å². The summed E-state index contributed by atoms with van der Waals surface area (Å²) in [4.78, 5) is 10.9. The molecule has 0 aromatic heterocycles. The van der Waals surface area contributed by atoms with Gasteiger partial charge in [0.25, 0.3) is 0 Å². The number of aromatic carboxylic acids is 1. The zero-order chi connectivity index (χ0) is 25.4. The van der Waals surface area contributed by atoms with Gasteiger partial charge in [-0.1, -0.05) is 24.0 Å². The van der Waals surface area contributed by atoms with Crippen molar-refractivity contribution >= 4 is 5.97 Å². The summed E-state index contributed by atoms with van der Waals surface area (Å²) < 4.78 is 169. The highest BCUT2D eigenvalue weighted by Gasteiger charge is 2.90. The molecule has 0 aliphatic rings.